The molecule has 0 fully saturated rings. The molecule has 4 aliphatic heterocycles. The molecule has 133 heavy (non-hydrogen) atoms. The highest BCUT2D eigenvalue weighted by Crippen LogP contribution is 2.65. The predicted octanol–water partition coefficient (Wildman–Crippen LogP) is 2.46. The lowest BCUT2D eigenvalue weighted by Gasteiger charge is -2.43. The van der Waals surface area contributed by atoms with Crippen LogP contribution < -0.4 is 11.3 Å². The molecule has 51 heteroatoms. The Labute approximate surface area is 726 Å². The molecular weight excluding hydrogens is 1800 g/mol. The molecule has 0 saturated heterocycles. The van der Waals surface area contributed by atoms with Gasteiger partial charge < -0.3 is 205 Å². The Kier molecular flexibility index (Phi) is 20.3. The molecule has 10 aromatic carbocycles. The lowest BCUT2D eigenvalue weighted by Crippen LogP contribution is -2.56. The monoisotopic (exact) mass is 1850 g/mol. The van der Waals surface area contributed by atoms with E-state index in [1.54, 1.807) is 0 Å². The van der Waals surface area contributed by atoms with Gasteiger partial charge in [0.1, 0.15) is 42.5 Å². The van der Waals surface area contributed by atoms with E-state index < -0.39 is 421 Å². The lowest BCUT2D eigenvalue weighted by molar-refractivity contribution is -0.146. The number of hydrogen-bond donors (Lipinski definition) is 31. The van der Waals surface area contributed by atoms with Gasteiger partial charge in [0.15, 0.2) is 163 Å². The molecule has 0 radical (unpaired) electrons. The van der Waals surface area contributed by atoms with Gasteiger partial charge >= 0.3 is 59.0 Å². The number of hydrogen-bond acceptors (Lipinski definition) is 51. The summed E-state index contributed by atoms with van der Waals surface area (Å²) in [5.41, 5.74) is -33.3. The van der Waals surface area contributed by atoms with Crippen molar-refractivity contribution in [2.75, 3.05) is 13.2 Å². The summed E-state index contributed by atoms with van der Waals surface area (Å²) in [5.74, 6) is -70.3. The SMILES string of the molecule is O=C(OC1COC(=O)c2c(c(O)c(O)c(O)c2C2c3c(O)c(O)c(O)c4c3C(=O)OC2C(C2OC(=O)c3cc(O)c(O)c(O)c3-c3c(cc(O)c(O)c3O)C(=O)OCC2OC(=O)c2cc(O)c(O)c(O)c2)OC(=O)c2cc(O)c(O)c(O)c2-4)-c2c(cc(O)c(O)c2O)C(=O)OC1C(O)C(O)C(O)c1c(O)c(O)c2oc(=O)c3c(O)c(O)cc4oc(=O)c1c2c43)c1cc(O)c(O)c(O)c1. The highest BCUT2D eigenvalue weighted by atomic mass is 16.7. The summed E-state index contributed by atoms with van der Waals surface area (Å²) in [6, 6.07) is 2.06. The van der Waals surface area contributed by atoms with Crippen molar-refractivity contribution in [3.63, 3.8) is 0 Å². The Hall–Kier alpha value is -18.8. The van der Waals surface area contributed by atoms with Crippen molar-refractivity contribution in [2.45, 2.75) is 60.9 Å². The van der Waals surface area contributed by atoms with Crippen molar-refractivity contribution in [2.24, 2.45) is 0 Å². The number of esters is 8. The molecular formula is C82H54O51. The molecule has 51 nitrogen and oxygen atoms in total. The van der Waals surface area contributed by atoms with Gasteiger partial charge in [0.05, 0.1) is 55.8 Å². The van der Waals surface area contributed by atoms with Gasteiger partial charge in [-0.2, -0.15) is 0 Å². The quantitative estimate of drug-likeness (QED) is 0.0307. The molecule has 31 N–H and O–H groups in total. The number of cyclic esters (lactones) is 5. The van der Waals surface area contributed by atoms with Gasteiger partial charge in [0.25, 0.3) is 0 Å². The number of ether oxygens (including phenoxy) is 8. The van der Waals surface area contributed by atoms with Crippen LogP contribution in [0.25, 0.3) is 66.1 Å². The maximum Gasteiger partial charge on any atom is 0.348 e. The minimum atomic E-state index is -3.63. The molecule has 6 heterocycles. The molecule has 688 valence electrons. The third-order valence-electron chi connectivity index (χ3n) is 22.2. The molecule has 2 aromatic heterocycles. The van der Waals surface area contributed by atoms with Gasteiger partial charge in [-0.25, -0.2) is 47.9 Å². The summed E-state index contributed by atoms with van der Waals surface area (Å²) in [6.45, 7) is -4.17. The zero-order chi connectivity index (χ0) is 96.8. The van der Waals surface area contributed by atoms with Gasteiger partial charge in [-0.05, 0) is 48.5 Å². The topological polar surface area (TPSA) is 898 Å². The van der Waals surface area contributed by atoms with Crippen LogP contribution in [0.1, 0.15) is 112 Å². The molecule has 10 atom stereocenters. The first-order valence-corrected chi connectivity index (χ1v) is 37.1. The van der Waals surface area contributed by atoms with E-state index >= 15 is 24.0 Å². The van der Waals surface area contributed by atoms with Crippen LogP contribution in [0.4, 0.5) is 0 Å². The minimum Gasteiger partial charge on any atom is -0.504 e. The first kappa shape index (κ1) is 87.6. The molecule has 10 unspecified atom stereocenters. The predicted molar refractivity (Wildman–Crippen MR) is 417 cm³/mol. The van der Waals surface area contributed by atoms with E-state index in [9.17, 15) is 182 Å². The molecule has 0 aliphatic carbocycles. The Morgan fingerprint density at radius 3 is 1.12 bits per heavy atom. The fourth-order valence-electron chi connectivity index (χ4n) is 16.1. The molecule has 0 saturated carbocycles. The zero-order valence-corrected chi connectivity index (χ0v) is 64.9. The van der Waals surface area contributed by atoms with Crippen LogP contribution in [0.5, 0.6) is 161 Å². The highest BCUT2D eigenvalue weighted by molar-refractivity contribution is 6.24. The summed E-state index contributed by atoms with van der Waals surface area (Å²) in [7, 11) is 0. The van der Waals surface area contributed by atoms with Crippen LogP contribution in [0.15, 0.2) is 73.0 Å². The Balaban J connectivity index is 0.973. The lowest BCUT2D eigenvalue weighted by atomic mass is 9.72. The van der Waals surface area contributed by atoms with Crippen molar-refractivity contribution < 1.29 is 243 Å². The summed E-state index contributed by atoms with van der Waals surface area (Å²) >= 11 is 0. The second-order valence-corrected chi connectivity index (χ2v) is 29.6. The normalized spacial score (nSPS) is 18.5. The van der Waals surface area contributed by atoms with Gasteiger partial charge in [-0.1, -0.05) is 0 Å². The number of carbonyl (C=O) groups excluding carboxylic acids is 8. The maximum atomic E-state index is 16.6. The number of aromatic hydroxyl groups is 28. The average molecular weight is 1860 g/mol. The largest absolute Gasteiger partial charge is 0.504 e. The number of rotatable bonds is 10. The van der Waals surface area contributed by atoms with E-state index in [2.05, 4.69) is 0 Å². The third-order valence-corrected chi connectivity index (χ3v) is 22.2. The summed E-state index contributed by atoms with van der Waals surface area (Å²) in [5, 5.41) is 355. The number of aliphatic hydroxyl groups is 3. The summed E-state index contributed by atoms with van der Waals surface area (Å²) in [6.07, 6.45) is -30.8. The van der Waals surface area contributed by atoms with E-state index in [4.69, 9.17) is 46.7 Å². The van der Waals surface area contributed by atoms with Gasteiger partial charge in [0, 0.05) is 66.9 Å². The molecule has 0 amide bonds. The van der Waals surface area contributed by atoms with Crippen LogP contribution in [0, 0.1) is 0 Å². The zero-order valence-electron chi connectivity index (χ0n) is 64.9. The van der Waals surface area contributed by atoms with Crippen molar-refractivity contribution in [1.29, 1.82) is 0 Å². The molecule has 16 rings (SSSR count). The van der Waals surface area contributed by atoms with Crippen molar-refractivity contribution >= 4 is 80.5 Å². The Bertz CT molecular complexity index is 7370. The fourth-order valence-corrected chi connectivity index (χ4v) is 16.1. The van der Waals surface area contributed by atoms with Crippen LogP contribution in [-0.2, 0) is 37.9 Å². The Morgan fingerprint density at radius 1 is 0.301 bits per heavy atom. The number of phenols is 28. The minimum absolute atomic E-state index is 0.0469. The highest BCUT2D eigenvalue weighted by Gasteiger charge is 2.58. The van der Waals surface area contributed by atoms with Crippen LogP contribution in [0.3, 0.4) is 0 Å². The van der Waals surface area contributed by atoms with E-state index in [0.717, 1.165) is 0 Å². The maximum absolute atomic E-state index is 16.6. The van der Waals surface area contributed by atoms with Crippen LogP contribution in [0.2, 0.25) is 0 Å². The number of fused-ring (bicyclic) bond motifs is 10. The van der Waals surface area contributed by atoms with Gasteiger partial charge in [-0.15, -0.1) is 0 Å². The van der Waals surface area contributed by atoms with E-state index in [1.165, 1.54) is 0 Å². The molecule has 2 bridgehead atoms. The van der Waals surface area contributed by atoms with Crippen molar-refractivity contribution in [3.05, 3.63) is 137 Å². The van der Waals surface area contributed by atoms with Gasteiger partial charge in [0.2, 0.25) is 40.2 Å². The third kappa shape index (κ3) is 13.1. The fraction of sp³-hybridized carbons (Fsp3) is 0.146. The molecule has 4 aliphatic rings. The molecule has 0 spiro atoms. The first-order chi connectivity index (χ1) is 62.5. The smallest absolute Gasteiger partial charge is 0.348 e. The van der Waals surface area contributed by atoms with Crippen molar-refractivity contribution in [3.8, 4) is 194 Å². The Morgan fingerprint density at radius 2 is 0.662 bits per heavy atom. The second-order valence-electron chi connectivity index (χ2n) is 29.6. The number of aliphatic hydroxyl groups excluding tert-OH is 3. The van der Waals surface area contributed by atoms with E-state index in [0.29, 0.717) is 18.2 Å². The standard InChI is InChI=1S/C82H54O51/c83-18-1-12(2-19(84)46(18)92)73(114)127-28-10-125-79(120)41-35(32-16(7-24(89)51(97)55(32)101)76(117)129-68(28)67(113)65(111)61(107)44-43-39-34-27(126-80(43)121)9-26(91)48(94)45(34)82(123)131-70(39)66(112)62(44)108)57(103)63(109)59(105)37(41)40-38-42-36(58(104)64(110)60(38)106)33-17(8-25(90)52(98)56(33)102)78(119)133-72(71(40)132-81(42)122)69-29(128-74(115)13-3-20(85)47(93)21(86)4-13)11-124-75(116)14-5-22(87)49(95)53(99)30(14)31-15(77(118)130-69)6-23(88)50(96)54(31)100/h1-9,28-29,40,61,65,67-69,71-72,83-113H,10-11H2. The van der Waals surface area contributed by atoms with E-state index in [-0.39, 0.29) is 36.4 Å². The number of benzene rings is 10. The number of carbonyl (C=O) groups is 8. The van der Waals surface area contributed by atoms with Gasteiger partial charge in [-0.3, -0.25) is 0 Å². The van der Waals surface area contributed by atoms with Crippen molar-refractivity contribution in [1.82, 2.24) is 0 Å². The number of phenolic OH excluding ortho intramolecular Hbond substituents is 28. The van der Waals surface area contributed by atoms with Crippen LogP contribution in [-0.4, -0.2) is 268 Å². The average Bonchev–Trinajstić information content (AvgIpc) is 0.869. The molecule has 12 aromatic rings. The first-order valence-electron chi connectivity index (χ1n) is 37.1. The summed E-state index contributed by atoms with van der Waals surface area (Å²) < 4.78 is 56.5. The second kappa shape index (κ2) is 30.8. The van der Waals surface area contributed by atoms with E-state index in [1.807, 2.05) is 0 Å². The summed E-state index contributed by atoms with van der Waals surface area (Å²) in [4.78, 5) is 152. The van der Waals surface area contributed by atoms with Crippen LogP contribution >= 0.6 is 0 Å².